The van der Waals surface area contributed by atoms with Crippen molar-refractivity contribution in [3.63, 3.8) is 0 Å². The lowest BCUT2D eigenvalue weighted by Gasteiger charge is -2.42. The third-order valence-corrected chi connectivity index (χ3v) is 3.44. The van der Waals surface area contributed by atoms with Crippen molar-refractivity contribution in [2.45, 2.75) is 27.2 Å². The fourth-order valence-electron chi connectivity index (χ4n) is 1.80. The first kappa shape index (κ1) is 13.0. The van der Waals surface area contributed by atoms with Crippen LogP contribution < -0.4 is 0 Å². The Morgan fingerprint density at radius 3 is 2.62 bits per heavy atom. The Bertz CT molecular complexity index is 301. The summed E-state index contributed by atoms with van der Waals surface area (Å²) in [7, 11) is 0. The Morgan fingerprint density at radius 1 is 1.62 bits per heavy atom. The number of carboxylic acid groups (broad SMARTS) is 1. The molecule has 1 aliphatic heterocycles. The van der Waals surface area contributed by atoms with Gasteiger partial charge in [0.1, 0.15) is 0 Å². The van der Waals surface area contributed by atoms with Crippen molar-refractivity contribution in [2.24, 2.45) is 17.3 Å². The van der Waals surface area contributed by atoms with Crippen molar-refractivity contribution >= 4 is 5.97 Å². The van der Waals surface area contributed by atoms with Gasteiger partial charge in [0.05, 0.1) is 17.4 Å². The van der Waals surface area contributed by atoms with Gasteiger partial charge >= 0.3 is 5.97 Å². The molecule has 1 N–H and O–H groups in total. The zero-order valence-corrected chi connectivity index (χ0v) is 10.2. The van der Waals surface area contributed by atoms with Gasteiger partial charge in [0.2, 0.25) is 0 Å². The summed E-state index contributed by atoms with van der Waals surface area (Å²) in [4.78, 5) is 13.0. The molecule has 0 spiro atoms. The van der Waals surface area contributed by atoms with Crippen LogP contribution in [0, 0.1) is 28.6 Å². The third kappa shape index (κ3) is 3.21. The normalized spacial score (nSPS) is 19.9. The molecule has 90 valence electrons. The number of nitrogens with zero attached hydrogens (tertiary/aromatic N) is 2. The van der Waals surface area contributed by atoms with Crippen molar-refractivity contribution in [2.75, 3.05) is 19.6 Å². The third-order valence-electron chi connectivity index (χ3n) is 3.44. The highest BCUT2D eigenvalue weighted by Crippen LogP contribution is 2.26. The highest BCUT2D eigenvalue weighted by Gasteiger charge is 2.34. The minimum absolute atomic E-state index is 0.250. The lowest BCUT2D eigenvalue weighted by molar-refractivity contribution is -0.145. The van der Waals surface area contributed by atoms with Crippen LogP contribution >= 0.6 is 0 Å². The molecule has 0 aliphatic carbocycles. The molecule has 1 unspecified atom stereocenters. The summed E-state index contributed by atoms with van der Waals surface area (Å²) < 4.78 is 0. The van der Waals surface area contributed by atoms with Gasteiger partial charge in [-0.15, -0.1) is 0 Å². The predicted octanol–water partition coefficient (Wildman–Crippen LogP) is 1.58. The van der Waals surface area contributed by atoms with Crippen molar-refractivity contribution in [1.29, 1.82) is 5.26 Å². The van der Waals surface area contributed by atoms with E-state index in [0.29, 0.717) is 0 Å². The topological polar surface area (TPSA) is 64.3 Å². The van der Waals surface area contributed by atoms with E-state index >= 15 is 0 Å². The van der Waals surface area contributed by atoms with Crippen LogP contribution in [0.5, 0.6) is 0 Å². The average Bonchev–Trinajstić information content (AvgIpc) is 2.14. The molecule has 0 saturated carbocycles. The Balaban J connectivity index is 2.23. The lowest BCUT2D eigenvalue weighted by atomic mass is 9.85. The summed E-state index contributed by atoms with van der Waals surface area (Å²) in [5.41, 5.74) is -0.274. The summed E-state index contributed by atoms with van der Waals surface area (Å²) in [6.07, 6.45) is 0.845. The summed E-state index contributed by atoms with van der Waals surface area (Å²) in [5.74, 6) is -0.676. The van der Waals surface area contributed by atoms with Gasteiger partial charge < -0.3 is 10.0 Å². The van der Waals surface area contributed by atoms with Gasteiger partial charge in [-0.25, -0.2) is 0 Å². The monoisotopic (exact) mass is 224 g/mol. The first-order valence-corrected chi connectivity index (χ1v) is 5.72. The quantitative estimate of drug-likeness (QED) is 0.770. The summed E-state index contributed by atoms with van der Waals surface area (Å²) in [6.45, 7) is 8.24. The molecule has 0 aromatic carbocycles. The molecule has 0 amide bonds. The first-order chi connectivity index (χ1) is 7.35. The number of hydrogen-bond donors (Lipinski definition) is 1. The molecule has 4 nitrogen and oxygen atoms in total. The van der Waals surface area contributed by atoms with Crippen molar-refractivity contribution in [3.8, 4) is 6.07 Å². The second-order valence-corrected chi connectivity index (χ2v) is 5.39. The van der Waals surface area contributed by atoms with E-state index in [1.165, 1.54) is 0 Å². The first-order valence-electron chi connectivity index (χ1n) is 5.72. The van der Waals surface area contributed by atoms with Crippen molar-refractivity contribution in [3.05, 3.63) is 0 Å². The molecule has 1 atom stereocenters. The van der Waals surface area contributed by atoms with Crippen LogP contribution in [0.2, 0.25) is 0 Å². The maximum atomic E-state index is 10.7. The van der Waals surface area contributed by atoms with E-state index in [2.05, 4.69) is 11.0 Å². The molecule has 1 fully saturated rings. The predicted molar refractivity (Wildman–Crippen MR) is 60.7 cm³/mol. The fraction of sp³-hybridized carbons (Fsp3) is 0.833. The van der Waals surface area contributed by atoms with Crippen LogP contribution in [-0.4, -0.2) is 35.6 Å². The fourth-order valence-corrected chi connectivity index (χ4v) is 1.80. The zero-order valence-electron chi connectivity index (χ0n) is 10.2. The smallest absolute Gasteiger partial charge is 0.306 e. The number of aliphatic carboxylic acids is 1. The van der Waals surface area contributed by atoms with Crippen molar-refractivity contribution in [1.82, 2.24) is 4.90 Å². The molecule has 0 bridgehead atoms. The number of nitriles is 1. The molecule has 0 aromatic rings. The van der Waals surface area contributed by atoms with Crippen LogP contribution in [0.1, 0.15) is 27.2 Å². The SMILES string of the molecule is CC(C(=O)O)C1CN(CCC(C)(C)C#N)C1. The summed E-state index contributed by atoms with van der Waals surface area (Å²) in [5, 5.41) is 17.7. The van der Waals surface area contributed by atoms with E-state index in [4.69, 9.17) is 10.4 Å². The number of likely N-dealkylation sites (tertiary alicyclic amines) is 1. The maximum Gasteiger partial charge on any atom is 0.306 e. The average molecular weight is 224 g/mol. The summed E-state index contributed by atoms with van der Waals surface area (Å²) in [6, 6.07) is 2.28. The number of carbonyl (C=O) groups is 1. The molecular formula is C12H20N2O2. The molecule has 1 saturated heterocycles. The van der Waals surface area contributed by atoms with Gasteiger partial charge in [-0.3, -0.25) is 4.79 Å². The van der Waals surface area contributed by atoms with E-state index < -0.39 is 5.97 Å². The van der Waals surface area contributed by atoms with E-state index in [1.54, 1.807) is 6.92 Å². The number of hydrogen-bond acceptors (Lipinski definition) is 3. The molecule has 1 rings (SSSR count). The Labute approximate surface area is 96.9 Å². The van der Waals surface area contributed by atoms with Crippen LogP contribution in [-0.2, 0) is 4.79 Å². The van der Waals surface area contributed by atoms with E-state index in [-0.39, 0.29) is 17.3 Å². The minimum atomic E-state index is -0.706. The Kier molecular flexibility index (Phi) is 3.93. The molecule has 0 radical (unpaired) electrons. The second-order valence-electron chi connectivity index (χ2n) is 5.39. The Hall–Kier alpha value is -1.08. The maximum absolute atomic E-state index is 10.7. The van der Waals surface area contributed by atoms with E-state index in [0.717, 1.165) is 26.1 Å². The molecule has 4 heteroatoms. The van der Waals surface area contributed by atoms with Crippen molar-refractivity contribution < 1.29 is 9.90 Å². The molecular weight excluding hydrogens is 204 g/mol. The second kappa shape index (κ2) is 4.84. The number of carboxylic acids is 1. The summed E-state index contributed by atoms with van der Waals surface area (Å²) >= 11 is 0. The zero-order chi connectivity index (χ0) is 12.3. The molecule has 0 aromatic heterocycles. The van der Waals surface area contributed by atoms with E-state index in [1.807, 2.05) is 13.8 Å². The largest absolute Gasteiger partial charge is 0.481 e. The molecule has 16 heavy (non-hydrogen) atoms. The van der Waals surface area contributed by atoms with Gasteiger partial charge in [-0.1, -0.05) is 6.92 Å². The van der Waals surface area contributed by atoms with E-state index in [9.17, 15) is 4.79 Å². The van der Waals surface area contributed by atoms with Gasteiger partial charge in [-0.05, 0) is 32.7 Å². The van der Waals surface area contributed by atoms with Gasteiger partial charge in [0.25, 0.3) is 0 Å². The highest BCUT2D eigenvalue weighted by molar-refractivity contribution is 5.70. The number of rotatable bonds is 5. The Morgan fingerprint density at radius 2 is 2.19 bits per heavy atom. The van der Waals surface area contributed by atoms with Crippen LogP contribution in [0.15, 0.2) is 0 Å². The lowest BCUT2D eigenvalue weighted by Crippen LogP contribution is -2.51. The standard InChI is InChI=1S/C12H20N2O2/c1-9(11(15)16)10-6-14(7-10)5-4-12(2,3)8-13/h9-10H,4-7H2,1-3H3,(H,15,16). The molecule has 1 heterocycles. The minimum Gasteiger partial charge on any atom is -0.481 e. The van der Waals surface area contributed by atoms with Gasteiger partial charge in [0, 0.05) is 13.1 Å². The van der Waals surface area contributed by atoms with Crippen LogP contribution in [0.4, 0.5) is 0 Å². The van der Waals surface area contributed by atoms with Crippen LogP contribution in [0.3, 0.4) is 0 Å². The molecule has 1 aliphatic rings. The highest BCUT2D eigenvalue weighted by atomic mass is 16.4. The van der Waals surface area contributed by atoms with Gasteiger partial charge in [0.15, 0.2) is 0 Å². The van der Waals surface area contributed by atoms with Crippen LogP contribution in [0.25, 0.3) is 0 Å². The van der Waals surface area contributed by atoms with Gasteiger partial charge in [-0.2, -0.15) is 5.26 Å².